The zero-order chi connectivity index (χ0) is 13.7. The molecule has 1 fully saturated rings. The number of benzene rings is 1. The minimum atomic E-state index is 0.327. The molecule has 0 bridgehead atoms. The Kier molecular flexibility index (Phi) is 5.19. The van der Waals surface area contributed by atoms with E-state index in [-0.39, 0.29) is 0 Å². The smallest absolute Gasteiger partial charge is 0.119 e. The third-order valence-electron chi connectivity index (χ3n) is 3.67. The first-order valence-corrected chi connectivity index (χ1v) is 7.14. The van der Waals surface area contributed by atoms with Gasteiger partial charge in [-0.2, -0.15) is 0 Å². The first-order chi connectivity index (χ1) is 9.26. The van der Waals surface area contributed by atoms with Gasteiger partial charge in [-0.3, -0.25) is 5.43 Å². The molecule has 106 valence electrons. The van der Waals surface area contributed by atoms with E-state index in [4.69, 9.17) is 4.74 Å². The maximum atomic E-state index is 5.71. The zero-order valence-corrected chi connectivity index (χ0v) is 12.1. The maximum absolute atomic E-state index is 5.71. The highest BCUT2D eigenvalue weighted by Gasteiger charge is 2.33. The molecule has 0 aliphatic carbocycles. The number of hydrogen-bond acceptors (Lipinski definition) is 4. The third-order valence-corrected chi connectivity index (χ3v) is 3.67. The van der Waals surface area contributed by atoms with Crippen molar-refractivity contribution in [3.8, 4) is 5.75 Å². The minimum absolute atomic E-state index is 0.327. The van der Waals surface area contributed by atoms with Crippen LogP contribution in [0.3, 0.4) is 0 Å². The summed E-state index contributed by atoms with van der Waals surface area (Å²) < 4.78 is 5.71. The van der Waals surface area contributed by atoms with E-state index in [1.807, 2.05) is 13.1 Å². The van der Waals surface area contributed by atoms with Gasteiger partial charge in [-0.05, 0) is 38.1 Å². The molecule has 3 unspecified atom stereocenters. The quantitative estimate of drug-likeness (QED) is 0.733. The predicted octanol–water partition coefficient (Wildman–Crippen LogP) is 1.85. The second kappa shape index (κ2) is 6.89. The molecule has 0 amide bonds. The highest BCUT2D eigenvalue weighted by molar-refractivity contribution is 5.31. The fraction of sp³-hybridized carbons (Fsp3) is 0.600. The summed E-state index contributed by atoms with van der Waals surface area (Å²) in [5.74, 6) is 1.50. The van der Waals surface area contributed by atoms with Gasteiger partial charge in [0.05, 0.1) is 12.6 Å². The fourth-order valence-corrected chi connectivity index (χ4v) is 2.60. The molecule has 4 nitrogen and oxygen atoms in total. The Hall–Kier alpha value is -1.10. The summed E-state index contributed by atoms with van der Waals surface area (Å²) in [6, 6.07) is 9.19. The third kappa shape index (κ3) is 3.47. The van der Waals surface area contributed by atoms with Crippen molar-refractivity contribution < 1.29 is 4.74 Å². The Balaban J connectivity index is 2.11. The van der Waals surface area contributed by atoms with Gasteiger partial charge in [0.15, 0.2) is 0 Å². The van der Waals surface area contributed by atoms with Crippen molar-refractivity contribution in [2.24, 2.45) is 5.92 Å². The first kappa shape index (κ1) is 14.3. The number of hydrogen-bond donors (Lipinski definition) is 3. The summed E-state index contributed by atoms with van der Waals surface area (Å²) in [6.45, 7) is 6.10. The van der Waals surface area contributed by atoms with Crippen LogP contribution < -0.4 is 20.9 Å². The number of rotatable bonds is 6. The van der Waals surface area contributed by atoms with E-state index in [2.05, 4.69) is 48.2 Å². The van der Waals surface area contributed by atoms with Gasteiger partial charge in [-0.25, -0.2) is 5.43 Å². The van der Waals surface area contributed by atoms with Gasteiger partial charge in [0.2, 0.25) is 0 Å². The van der Waals surface area contributed by atoms with Crippen LogP contribution in [0.25, 0.3) is 0 Å². The average molecular weight is 263 g/mol. The summed E-state index contributed by atoms with van der Waals surface area (Å²) in [4.78, 5) is 0. The molecule has 1 aliphatic heterocycles. The Morgan fingerprint density at radius 2 is 2.16 bits per heavy atom. The van der Waals surface area contributed by atoms with Gasteiger partial charge < -0.3 is 10.1 Å². The number of nitrogens with one attached hydrogen (secondary N) is 3. The lowest BCUT2D eigenvalue weighted by molar-refractivity contribution is 0.316. The van der Waals surface area contributed by atoms with Crippen molar-refractivity contribution >= 4 is 0 Å². The molecule has 1 aromatic rings. The Labute approximate surface area is 115 Å². The predicted molar refractivity (Wildman–Crippen MR) is 78.1 cm³/mol. The van der Waals surface area contributed by atoms with E-state index in [0.29, 0.717) is 18.0 Å². The van der Waals surface area contributed by atoms with Crippen LogP contribution in [0.15, 0.2) is 24.3 Å². The molecule has 19 heavy (non-hydrogen) atoms. The zero-order valence-electron chi connectivity index (χ0n) is 12.1. The summed E-state index contributed by atoms with van der Waals surface area (Å²) >= 11 is 0. The summed E-state index contributed by atoms with van der Waals surface area (Å²) in [5, 5.41) is 3.28. The highest BCUT2D eigenvalue weighted by atomic mass is 16.5. The Morgan fingerprint density at radius 1 is 1.32 bits per heavy atom. The van der Waals surface area contributed by atoms with Crippen LogP contribution in [0.1, 0.15) is 31.9 Å². The van der Waals surface area contributed by atoms with Gasteiger partial charge in [0, 0.05) is 18.5 Å². The normalized spacial score (nSPS) is 26.6. The topological polar surface area (TPSA) is 45.3 Å². The Bertz CT molecular complexity index is 397. The SMILES string of the molecule is CCCOc1cccc(C2NNC(C)C2CNC)c1. The largest absolute Gasteiger partial charge is 0.494 e. The van der Waals surface area contributed by atoms with Gasteiger partial charge in [0.1, 0.15) is 5.75 Å². The van der Waals surface area contributed by atoms with Crippen molar-refractivity contribution in [1.29, 1.82) is 0 Å². The molecule has 1 heterocycles. The molecule has 1 aromatic carbocycles. The molecule has 1 saturated heterocycles. The van der Waals surface area contributed by atoms with E-state index >= 15 is 0 Å². The van der Waals surface area contributed by atoms with Crippen LogP contribution in [0, 0.1) is 5.92 Å². The van der Waals surface area contributed by atoms with Crippen molar-refractivity contribution in [3.05, 3.63) is 29.8 Å². The highest BCUT2D eigenvalue weighted by Crippen LogP contribution is 2.30. The van der Waals surface area contributed by atoms with E-state index in [0.717, 1.165) is 25.3 Å². The van der Waals surface area contributed by atoms with Crippen LogP contribution >= 0.6 is 0 Å². The van der Waals surface area contributed by atoms with Crippen molar-refractivity contribution in [2.75, 3.05) is 20.2 Å². The molecule has 3 atom stereocenters. The molecular weight excluding hydrogens is 238 g/mol. The minimum Gasteiger partial charge on any atom is -0.494 e. The standard InChI is InChI=1S/C15H25N3O/c1-4-8-19-13-7-5-6-12(9-13)15-14(10-16-3)11(2)17-18-15/h5-7,9,11,14-18H,4,8,10H2,1-3H3. The van der Waals surface area contributed by atoms with E-state index in [1.165, 1.54) is 5.56 Å². The molecule has 0 aromatic heterocycles. The van der Waals surface area contributed by atoms with Crippen molar-refractivity contribution in [1.82, 2.24) is 16.2 Å². The van der Waals surface area contributed by atoms with Crippen LogP contribution in [0.2, 0.25) is 0 Å². The second-order valence-corrected chi connectivity index (χ2v) is 5.20. The molecular formula is C15H25N3O. The average Bonchev–Trinajstić information content (AvgIpc) is 2.79. The maximum Gasteiger partial charge on any atom is 0.119 e. The molecule has 0 saturated carbocycles. The molecule has 0 spiro atoms. The Morgan fingerprint density at radius 3 is 2.89 bits per heavy atom. The molecule has 4 heteroatoms. The van der Waals surface area contributed by atoms with E-state index < -0.39 is 0 Å². The number of ether oxygens (including phenoxy) is 1. The number of hydrazine groups is 1. The summed E-state index contributed by atoms with van der Waals surface area (Å²) in [6.07, 6.45) is 1.03. The van der Waals surface area contributed by atoms with Crippen LogP contribution in [-0.2, 0) is 0 Å². The first-order valence-electron chi connectivity index (χ1n) is 7.14. The van der Waals surface area contributed by atoms with Crippen LogP contribution in [-0.4, -0.2) is 26.2 Å². The molecule has 0 radical (unpaired) electrons. The molecule has 3 N–H and O–H groups in total. The monoisotopic (exact) mass is 263 g/mol. The lowest BCUT2D eigenvalue weighted by Gasteiger charge is -2.21. The molecule has 1 aliphatic rings. The second-order valence-electron chi connectivity index (χ2n) is 5.20. The van der Waals surface area contributed by atoms with Crippen molar-refractivity contribution in [3.63, 3.8) is 0 Å². The van der Waals surface area contributed by atoms with Gasteiger partial charge in [0.25, 0.3) is 0 Å². The van der Waals surface area contributed by atoms with Gasteiger partial charge >= 0.3 is 0 Å². The molecule has 2 rings (SSSR count). The van der Waals surface area contributed by atoms with E-state index in [9.17, 15) is 0 Å². The van der Waals surface area contributed by atoms with Gasteiger partial charge in [-0.1, -0.05) is 19.1 Å². The lowest BCUT2D eigenvalue weighted by Crippen LogP contribution is -2.31. The van der Waals surface area contributed by atoms with Crippen LogP contribution in [0.4, 0.5) is 0 Å². The van der Waals surface area contributed by atoms with Gasteiger partial charge in [-0.15, -0.1) is 0 Å². The van der Waals surface area contributed by atoms with E-state index in [1.54, 1.807) is 0 Å². The summed E-state index contributed by atoms with van der Waals surface area (Å²) in [5.41, 5.74) is 8.01. The van der Waals surface area contributed by atoms with Crippen LogP contribution in [0.5, 0.6) is 5.75 Å². The summed E-state index contributed by atoms with van der Waals surface area (Å²) in [7, 11) is 2.00. The van der Waals surface area contributed by atoms with Crippen molar-refractivity contribution in [2.45, 2.75) is 32.4 Å². The lowest BCUT2D eigenvalue weighted by atomic mass is 9.90. The fourth-order valence-electron chi connectivity index (χ4n) is 2.60.